The van der Waals surface area contributed by atoms with E-state index in [0.29, 0.717) is 46.5 Å². The van der Waals surface area contributed by atoms with E-state index < -0.39 is 0 Å². The lowest BCUT2D eigenvalue weighted by Crippen LogP contribution is -2.07. The average Bonchev–Trinajstić information content (AvgIpc) is 3.36. The van der Waals surface area contributed by atoms with E-state index in [1.54, 1.807) is 22.9 Å². The van der Waals surface area contributed by atoms with Crippen molar-refractivity contribution < 1.29 is 13.7 Å². The van der Waals surface area contributed by atoms with Crippen LogP contribution in [0.5, 0.6) is 5.75 Å². The van der Waals surface area contributed by atoms with Crippen molar-refractivity contribution in [1.82, 2.24) is 24.7 Å². The summed E-state index contributed by atoms with van der Waals surface area (Å²) in [4.78, 5) is 4.34. The zero-order chi connectivity index (χ0) is 18.8. The molecule has 0 spiro atoms. The van der Waals surface area contributed by atoms with Crippen molar-refractivity contribution in [3.05, 3.63) is 53.9 Å². The predicted octanol–water partition coefficient (Wildman–Crippen LogP) is 3.10. The number of hydrogen-bond donors (Lipinski definition) is 1. The van der Waals surface area contributed by atoms with Crippen molar-refractivity contribution in [2.24, 2.45) is 0 Å². The third kappa shape index (κ3) is 3.07. The quantitative estimate of drug-likeness (QED) is 0.559. The molecule has 0 aliphatic carbocycles. The van der Waals surface area contributed by atoms with Crippen molar-refractivity contribution in [3.63, 3.8) is 0 Å². The Kier molecular flexibility index (Phi) is 4.41. The van der Waals surface area contributed by atoms with Crippen molar-refractivity contribution >= 4 is 11.5 Å². The molecule has 0 bridgehead atoms. The minimum absolute atomic E-state index is 0.241. The average molecular weight is 368 g/mol. The van der Waals surface area contributed by atoms with Gasteiger partial charge < -0.3 is 14.6 Å². The molecule has 27 heavy (non-hydrogen) atoms. The van der Waals surface area contributed by atoms with Crippen LogP contribution < -0.4 is 10.1 Å². The molecule has 3 heterocycles. The fourth-order valence-electron chi connectivity index (χ4n) is 2.82. The first-order valence-electron chi connectivity index (χ1n) is 8.42. The number of fused-ring (bicyclic) bond motifs is 1. The van der Waals surface area contributed by atoms with Crippen LogP contribution in [0.25, 0.3) is 17.0 Å². The summed E-state index contributed by atoms with van der Waals surface area (Å²) in [7, 11) is 1.51. The molecule has 0 saturated heterocycles. The summed E-state index contributed by atoms with van der Waals surface area (Å²) in [6.45, 7) is 2.18. The SMILES string of the molecule is CCc1nc(-c2ccc(NCc3c(F)cccc3OC)n3cnnc23)no1. The number of nitrogens with zero attached hydrogens (tertiary/aromatic N) is 5. The van der Waals surface area contributed by atoms with Gasteiger partial charge >= 0.3 is 0 Å². The number of methoxy groups -OCH3 is 1. The Morgan fingerprint density at radius 1 is 1.26 bits per heavy atom. The van der Waals surface area contributed by atoms with E-state index in [1.165, 1.54) is 13.2 Å². The van der Waals surface area contributed by atoms with Crippen molar-refractivity contribution in [2.75, 3.05) is 12.4 Å². The minimum Gasteiger partial charge on any atom is -0.496 e. The summed E-state index contributed by atoms with van der Waals surface area (Å²) >= 11 is 0. The van der Waals surface area contributed by atoms with Gasteiger partial charge in [-0.25, -0.2) is 4.39 Å². The number of hydrogen-bond acceptors (Lipinski definition) is 7. The zero-order valence-corrected chi connectivity index (χ0v) is 14.8. The maximum atomic E-state index is 14.1. The van der Waals surface area contributed by atoms with Gasteiger partial charge in [-0.1, -0.05) is 18.1 Å². The van der Waals surface area contributed by atoms with E-state index in [2.05, 4.69) is 25.7 Å². The highest BCUT2D eigenvalue weighted by molar-refractivity contribution is 5.74. The van der Waals surface area contributed by atoms with Crippen LogP contribution in [0.3, 0.4) is 0 Å². The molecule has 0 aliphatic heterocycles. The Morgan fingerprint density at radius 3 is 2.93 bits per heavy atom. The second-order valence-electron chi connectivity index (χ2n) is 5.80. The molecule has 1 N–H and O–H groups in total. The number of aromatic nitrogens is 5. The summed E-state index contributed by atoms with van der Waals surface area (Å²) in [5.41, 5.74) is 1.71. The third-order valence-electron chi connectivity index (χ3n) is 4.21. The van der Waals surface area contributed by atoms with E-state index in [1.807, 2.05) is 19.1 Å². The van der Waals surface area contributed by atoms with Crippen LogP contribution in [-0.2, 0) is 13.0 Å². The Balaban J connectivity index is 1.67. The Bertz CT molecular complexity index is 1090. The van der Waals surface area contributed by atoms with E-state index in [-0.39, 0.29) is 12.4 Å². The van der Waals surface area contributed by atoms with Crippen LogP contribution >= 0.6 is 0 Å². The Labute approximate surface area is 154 Å². The first kappa shape index (κ1) is 17.0. The number of ether oxygens (including phenoxy) is 1. The first-order chi connectivity index (χ1) is 13.2. The van der Waals surface area contributed by atoms with Gasteiger partial charge in [-0.05, 0) is 24.3 Å². The van der Waals surface area contributed by atoms with Crippen molar-refractivity contribution in [3.8, 4) is 17.1 Å². The van der Waals surface area contributed by atoms with Crippen LogP contribution in [0.15, 0.2) is 41.2 Å². The van der Waals surface area contributed by atoms with Crippen LogP contribution in [0, 0.1) is 5.82 Å². The topological polar surface area (TPSA) is 90.4 Å². The van der Waals surface area contributed by atoms with Gasteiger partial charge in [0.05, 0.1) is 12.7 Å². The number of anilines is 1. The number of rotatable bonds is 6. The highest BCUT2D eigenvalue weighted by atomic mass is 19.1. The molecule has 0 unspecified atom stereocenters. The number of halogens is 1. The van der Waals surface area contributed by atoms with Gasteiger partial charge in [-0.15, -0.1) is 10.2 Å². The van der Waals surface area contributed by atoms with E-state index in [4.69, 9.17) is 9.26 Å². The van der Waals surface area contributed by atoms with Crippen LogP contribution in [0.1, 0.15) is 18.4 Å². The molecule has 0 amide bonds. The second kappa shape index (κ2) is 7.02. The summed E-state index contributed by atoms with van der Waals surface area (Å²) in [6.07, 6.45) is 2.22. The second-order valence-corrected chi connectivity index (χ2v) is 5.80. The van der Waals surface area contributed by atoms with Gasteiger partial charge in [-0.3, -0.25) is 4.40 Å². The van der Waals surface area contributed by atoms with Gasteiger partial charge in [-0.2, -0.15) is 4.98 Å². The third-order valence-corrected chi connectivity index (χ3v) is 4.21. The number of pyridine rings is 1. The molecule has 0 radical (unpaired) electrons. The lowest BCUT2D eigenvalue weighted by atomic mass is 10.2. The smallest absolute Gasteiger partial charge is 0.226 e. The fourth-order valence-corrected chi connectivity index (χ4v) is 2.82. The molecular formula is C18H17FN6O2. The van der Waals surface area contributed by atoms with E-state index >= 15 is 0 Å². The maximum Gasteiger partial charge on any atom is 0.226 e. The molecule has 3 aromatic heterocycles. The molecule has 0 atom stereocenters. The highest BCUT2D eigenvalue weighted by Crippen LogP contribution is 2.26. The summed E-state index contributed by atoms with van der Waals surface area (Å²) in [5.74, 6) is 1.85. The zero-order valence-electron chi connectivity index (χ0n) is 14.8. The lowest BCUT2D eigenvalue weighted by Gasteiger charge is -2.13. The number of aryl methyl sites for hydroxylation is 1. The molecule has 4 aromatic rings. The maximum absolute atomic E-state index is 14.1. The van der Waals surface area contributed by atoms with Crippen LogP contribution in [0.2, 0.25) is 0 Å². The first-order valence-corrected chi connectivity index (χ1v) is 8.42. The van der Waals surface area contributed by atoms with Gasteiger partial charge in [0.2, 0.25) is 11.7 Å². The molecule has 1 aromatic carbocycles. The van der Waals surface area contributed by atoms with Gasteiger partial charge in [0.15, 0.2) is 5.65 Å². The van der Waals surface area contributed by atoms with Crippen LogP contribution in [0.4, 0.5) is 10.2 Å². The predicted molar refractivity (Wildman–Crippen MR) is 95.9 cm³/mol. The molecule has 138 valence electrons. The Morgan fingerprint density at radius 2 is 2.15 bits per heavy atom. The van der Waals surface area contributed by atoms with Crippen LogP contribution in [-0.4, -0.2) is 31.8 Å². The van der Waals surface area contributed by atoms with Gasteiger partial charge in [0, 0.05) is 18.5 Å². The minimum atomic E-state index is -0.336. The van der Waals surface area contributed by atoms with E-state index in [9.17, 15) is 4.39 Å². The standard InChI is InChI=1S/C18H17FN6O2/c1-3-16-22-17(24-27-16)11-7-8-15(25-10-21-23-18(11)25)20-9-12-13(19)5-4-6-14(12)26-2/h4-8,10,20H,3,9H2,1-2H3. The molecular weight excluding hydrogens is 351 g/mol. The van der Waals surface area contributed by atoms with Crippen molar-refractivity contribution in [1.29, 1.82) is 0 Å². The van der Waals surface area contributed by atoms with Gasteiger partial charge in [0.25, 0.3) is 0 Å². The number of nitrogens with one attached hydrogen (secondary N) is 1. The lowest BCUT2D eigenvalue weighted by molar-refractivity contribution is 0.383. The molecule has 0 fully saturated rings. The molecule has 4 rings (SSSR count). The normalized spacial score (nSPS) is 11.1. The highest BCUT2D eigenvalue weighted by Gasteiger charge is 2.16. The largest absolute Gasteiger partial charge is 0.496 e. The Hall–Kier alpha value is -3.49. The van der Waals surface area contributed by atoms with E-state index in [0.717, 1.165) is 0 Å². The summed E-state index contributed by atoms with van der Waals surface area (Å²) in [5, 5.41) is 15.3. The summed E-state index contributed by atoms with van der Waals surface area (Å²) in [6, 6.07) is 8.40. The molecule has 0 aliphatic rings. The summed E-state index contributed by atoms with van der Waals surface area (Å²) < 4.78 is 26.3. The van der Waals surface area contributed by atoms with Gasteiger partial charge in [0.1, 0.15) is 23.7 Å². The monoisotopic (exact) mass is 368 g/mol. The molecule has 0 saturated carbocycles. The van der Waals surface area contributed by atoms with Crippen molar-refractivity contribution in [2.45, 2.75) is 19.9 Å². The molecule has 8 nitrogen and oxygen atoms in total. The number of benzene rings is 1. The fraction of sp³-hybridized carbons (Fsp3) is 0.222. The molecule has 9 heteroatoms.